The van der Waals surface area contributed by atoms with Gasteiger partial charge in [0.1, 0.15) is 0 Å². The standard InChI is InChI=1S/C5H5.C3H7.2ClH.Zr/c1-2-4-5-3-1;1-3-2;;;/h1-5H;3H,1-2H3;2*1H;/q2*-1;;;+4/p-2. The van der Waals surface area contributed by atoms with E-state index in [0.717, 1.165) is 0 Å². The zero-order chi connectivity index (χ0) is 8.95. The molecule has 0 atom stereocenters. The van der Waals surface area contributed by atoms with Gasteiger partial charge in [-0.1, -0.05) is 0 Å². The van der Waals surface area contributed by atoms with Crippen molar-refractivity contribution in [3.05, 3.63) is 36.8 Å². The molecule has 0 unspecified atom stereocenters. The van der Waals surface area contributed by atoms with Gasteiger partial charge in [-0.25, -0.2) is 12.1 Å². The molecule has 0 saturated carbocycles. The molecule has 0 heterocycles. The Morgan fingerprint density at radius 1 is 1.18 bits per heavy atom. The fourth-order valence-electron chi connectivity index (χ4n) is 0.321. The third kappa shape index (κ3) is 24.9. The zero-order valence-corrected chi connectivity index (χ0v) is 10.7. The Labute approximate surface area is 87.9 Å². The first kappa shape index (κ1) is 14.3. The maximum absolute atomic E-state index is 4.93. The van der Waals surface area contributed by atoms with Crippen LogP contribution in [0.5, 0.6) is 0 Å². The van der Waals surface area contributed by atoms with Gasteiger partial charge in [0.25, 0.3) is 0 Å². The normalized spacial score (nSPS) is 6.18. The van der Waals surface area contributed by atoms with E-state index >= 15 is 0 Å². The summed E-state index contributed by atoms with van der Waals surface area (Å²) in [5.41, 5.74) is 0. The van der Waals surface area contributed by atoms with Gasteiger partial charge in [0, 0.05) is 0 Å². The number of hydrogen-bond donors (Lipinski definition) is 0. The van der Waals surface area contributed by atoms with Gasteiger partial charge in [-0.05, 0) is 0 Å². The predicted octanol–water partition coefficient (Wildman–Crippen LogP) is 4.01. The molecule has 0 N–H and O–H groups in total. The van der Waals surface area contributed by atoms with Gasteiger partial charge in [0.15, 0.2) is 0 Å². The molecule has 0 aliphatic heterocycles. The summed E-state index contributed by atoms with van der Waals surface area (Å²) in [6, 6.07) is 10.0. The summed E-state index contributed by atoms with van der Waals surface area (Å²) in [6.07, 6.45) is 2.00. The molecule has 0 aromatic heterocycles. The Balaban J connectivity index is 0. The van der Waals surface area contributed by atoms with Gasteiger partial charge in [-0.15, -0.1) is 0 Å². The first-order valence-electron chi connectivity index (χ1n) is 3.20. The summed E-state index contributed by atoms with van der Waals surface area (Å²) >= 11 is -0.826. The van der Waals surface area contributed by atoms with E-state index in [2.05, 4.69) is 0 Å². The van der Waals surface area contributed by atoms with Crippen molar-refractivity contribution in [3.63, 3.8) is 0 Å². The first-order valence-corrected chi connectivity index (χ1v) is 9.53. The Kier molecular flexibility index (Phi) is 22.2. The van der Waals surface area contributed by atoms with Crippen LogP contribution in [0.25, 0.3) is 0 Å². The van der Waals surface area contributed by atoms with Crippen LogP contribution >= 0.6 is 17.0 Å². The Hall–Kier alpha value is 0.813. The second kappa shape index (κ2) is 17.1. The molecule has 11 heavy (non-hydrogen) atoms. The monoisotopic (exact) mass is 268 g/mol. The molecule has 0 radical (unpaired) electrons. The Bertz CT molecular complexity index is 87.6. The summed E-state index contributed by atoms with van der Waals surface area (Å²) in [5.74, 6) is 0. The van der Waals surface area contributed by atoms with Crippen LogP contribution in [0.4, 0.5) is 0 Å². The van der Waals surface area contributed by atoms with Crippen molar-refractivity contribution < 1.29 is 20.8 Å². The maximum atomic E-state index is 4.93. The topological polar surface area (TPSA) is 0 Å². The van der Waals surface area contributed by atoms with Crippen molar-refractivity contribution in [1.29, 1.82) is 0 Å². The summed E-state index contributed by atoms with van der Waals surface area (Å²) in [7, 11) is 9.87. The van der Waals surface area contributed by atoms with Crippen molar-refractivity contribution in [2.75, 3.05) is 0 Å². The summed E-state index contributed by atoms with van der Waals surface area (Å²) < 4.78 is 0. The van der Waals surface area contributed by atoms with Crippen LogP contribution < -0.4 is 0 Å². The van der Waals surface area contributed by atoms with E-state index in [-0.39, 0.29) is 0 Å². The second-order valence-electron chi connectivity index (χ2n) is 1.61. The van der Waals surface area contributed by atoms with Crippen molar-refractivity contribution >= 4 is 17.0 Å². The summed E-state index contributed by atoms with van der Waals surface area (Å²) in [5, 5.41) is 0. The molecule has 1 aromatic rings. The molecule has 0 saturated heterocycles. The Morgan fingerprint density at radius 3 is 1.55 bits per heavy atom. The van der Waals surface area contributed by atoms with Gasteiger partial charge in [-0.2, -0.15) is 32.0 Å². The van der Waals surface area contributed by atoms with Crippen LogP contribution in [0.3, 0.4) is 0 Å². The molecule has 0 spiro atoms. The number of hydrogen-bond acceptors (Lipinski definition) is 0. The Morgan fingerprint density at radius 2 is 1.45 bits per heavy atom. The van der Waals surface area contributed by atoms with Gasteiger partial charge in [0.05, 0.1) is 0 Å². The van der Waals surface area contributed by atoms with Gasteiger partial charge in [0.2, 0.25) is 0 Å². The molecule has 1 aromatic carbocycles. The molecule has 0 amide bonds. The van der Waals surface area contributed by atoms with E-state index in [1.54, 1.807) is 0 Å². The van der Waals surface area contributed by atoms with Crippen LogP contribution in [-0.2, 0) is 20.8 Å². The molecule has 62 valence electrons. The summed E-state index contributed by atoms with van der Waals surface area (Å²) in [4.78, 5) is 0. The van der Waals surface area contributed by atoms with E-state index < -0.39 is 20.8 Å². The van der Waals surface area contributed by atoms with E-state index in [9.17, 15) is 0 Å². The van der Waals surface area contributed by atoms with Gasteiger partial charge in [-0.3, -0.25) is 0 Å². The molecule has 0 aliphatic rings. The molecular formula is C8H12Cl2Zr. The van der Waals surface area contributed by atoms with Crippen LogP contribution in [0.15, 0.2) is 30.3 Å². The quantitative estimate of drug-likeness (QED) is 0.625. The minimum atomic E-state index is -0.826. The minimum Gasteiger partial charge on any atom is -0.214 e. The number of halogens is 2. The smallest absolute Gasteiger partial charge is 0.172 e. The average molecular weight is 270 g/mol. The molecule has 0 nitrogen and oxygen atoms in total. The van der Waals surface area contributed by atoms with E-state index in [1.807, 2.05) is 50.6 Å². The van der Waals surface area contributed by atoms with Crippen LogP contribution in [0.1, 0.15) is 13.8 Å². The minimum absolute atomic E-state index is 0.826. The van der Waals surface area contributed by atoms with Crippen molar-refractivity contribution in [1.82, 2.24) is 0 Å². The van der Waals surface area contributed by atoms with Gasteiger partial charge >= 0.3 is 37.9 Å². The van der Waals surface area contributed by atoms with Crippen LogP contribution in [0, 0.1) is 6.42 Å². The van der Waals surface area contributed by atoms with Crippen LogP contribution in [-0.4, -0.2) is 0 Å². The fourth-order valence-corrected chi connectivity index (χ4v) is 0.321. The number of rotatable bonds is 0. The summed E-state index contributed by atoms with van der Waals surface area (Å²) in [6.45, 7) is 4.00. The second-order valence-corrected chi connectivity index (χ2v) is 5.34. The molecule has 3 heteroatoms. The molecular weight excluding hydrogens is 258 g/mol. The zero-order valence-electron chi connectivity index (χ0n) is 6.72. The molecule has 1 rings (SSSR count). The van der Waals surface area contributed by atoms with Gasteiger partial charge < -0.3 is 6.42 Å². The van der Waals surface area contributed by atoms with E-state index in [1.165, 1.54) is 0 Å². The molecule has 0 bridgehead atoms. The third-order valence-electron chi connectivity index (χ3n) is 0.556. The first-order chi connectivity index (χ1) is 5.33. The molecule has 0 fully saturated rings. The maximum Gasteiger partial charge on any atom is -0.172 e. The van der Waals surface area contributed by atoms with E-state index in [4.69, 9.17) is 17.0 Å². The largest absolute Gasteiger partial charge is 0.214 e. The predicted molar refractivity (Wildman–Crippen MR) is 49.4 cm³/mol. The van der Waals surface area contributed by atoms with E-state index in [0.29, 0.717) is 0 Å². The average Bonchev–Trinajstić information content (AvgIpc) is 2.44. The van der Waals surface area contributed by atoms with Crippen molar-refractivity contribution in [2.24, 2.45) is 0 Å². The SMILES string of the molecule is C[CH-]C.[Cl][Zr+2][Cl].c1cc[cH-]c1. The molecule has 0 aliphatic carbocycles. The fraction of sp³-hybridized carbons (Fsp3) is 0.250. The third-order valence-corrected chi connectivity index (χ3v) is 0.556. The van der Waals surface area contributed by atoms with Crippen molar-refractivity contribution in [3.8, 4) is 0 Å². The van der Waals surface area contributed by atoms with Crippen molar-refractivity contribution in [2.45, 2.75) is 13.8 Å². The van der Waals surface area contributed by atoms with Crippen LogP contribution in [0.2, 0.25) is 0 Å².